The first-order valence-corrected chi connectivity index (χ1v) is 7.26. The molecule has 2 rings (SSSR count). The quantitative estimate of drug-likeness (QED) is 0.904. The third kappa shape index (κ3) is 3.16. The Bertz CT molecular complexity index is 631. The number of hydrogen-bond donors (Lipinski definition) is 2. The van der Waals surface area contributed by atoms with Crippen LogP contribution in [0.25, 0.3) is 10.8 Å². The third-order valence-electron chi connectivity index (χ3n) is 3.82. The number of urea groups is 1. The van der Waals surface area contributed by atoms with Crippen LogP contribution >= 0.6 is 0 Å². The van der Waals surface area contributed by atoms with E-state index in [1.807, 2.05) is 63.2 Å². The van der Waals surface area contributed by atoms with Crippen molar-refractivity contribution in [2.24, 2.45) is 5.73 Å². The van der Waals surface area contributed by atoms with E-state index in [9.17, 15) is 4.79 Å². The molecule has 3 N–H and O–H groups in total. The van der Waals surface area contributed by atoms with Crippen molar-refractivity contribution < 1.29 is 4.79 Å². The van der Waals surface area contributed by atoms with E-state index in [-0.39, 0.29) is 11.6 Å². The Labute approximate surface area is 125 Å². The molecule has 4 nitrogen and oxygen atoms in total. The van der Waals surface area contributed by atoms with Crippen LogP contribution in [0.1, 0.15) is 20.8 Å². The number of rotatable bonds is 4. The molecule has 2 aromatic rings. The Morgan fingerprint density at radius 1 is 1.19 bits per heavy atom. The van der Waals surface area contributed by atoms with Crippen molar-refractivity contribution in [2.45, 2.75) is 26.3 Å². The number of fused-ring (bicyclic) bond motifs is 1. The number of nitrogens with two attached hydrogens (primary N) is 1. The van der Waals surface area contributed by atoms with E-state index in [2.05, 4.69) is 5.32 Å². The first kappa shape index (κ1) is 15.3. The summed E-state index contributed by atoms with van der Waals surface area (Å²) in [5, 5.41) is 5.15. The molecule has 0 aromatic heterocycles. The van der Waals surface area contributed by atoms with Crippen LogP contribution in [-0.4, -0.2) is 29.6 Å². The SMILES string of the molecule is CCN(C(=O)Nc1cccc2ccccc12)C(C)(C)CN. The second kappa shape index (κ2) is 6.14. The number of carbonyl (C=O) groups excluding carboxylic acids is 1. The molecule has 0 saturated carbocycles. The van der Waals surface area contributed by atoms with E-state index < -0.39 is 0 Å². The second-order valence-corrected chi connectivity index (χ2v) is 5.72. The minimum atomic E-state index is -0.372. The number of anilines is 1. The van der Waals surface area contributed by atoms with Crippen molar-refractivity contribution in [1.82, 2.24) is 4.90 Å². The minimum Gasteiger partial charge on any atom is -0.328 e. The molecule has 21 heavy (non-hydrogen) atoms. The average Bonchev–Trinajstić information content (AvgIpc) is 2.48. The fourth-order valence-corrected chi connectivity index (χ4v) is 2.47. The van der Waals surface area contributed by atoms with Crippen LogP contribution in [0, 0.1) is 0 Å². The highest BCUT2D eigenvalue weighted by atomic mass is 16.2. The monoisotopic (exact) mass is 285 g/mol. The summed E-state index contributed by atoms with van der Waals surface area (Å²) in [6.07, 6.45) is 0. The van der Waals surface area contributed by atoms with Gasteiger partial charge in [-0.3, -0.25) is 0 Å². The summed E-state index contributed by atoms with van der Waals surface area (Å²) in [5.74, 6) is 0. The maximum atomic E-state index is 12.6. The third-order valence-corrected chi connectivity index (χ3v) is 3.82. The summed E-state index contributed by atoms with van der Waals surface area (Å²) < 4.78 is 0. The van der Waals surface area contributed by atoms with Crippen LogP contribution in [-0.2, 0) is 0 Å². The van der Waals surface area contributed by atoms with Gasteiger partial charge >= 0.3 is 6.03 Å². The highest BCUT2D eigenvalue weighted by Gasteiger charge is 2.28. The standard InChI is InChI=1S/C17H23N3O/c1-4-20(17(2,3)12-18)16(21)19-15-11-7-9-13-8-5-6-10-14(13)15/h5-11H,4,12,18H2,1-3H3,(H,19,21). The lowest BCUT2D eigenvalue weighted by Gasteiger charge is -2.37. The molecule has 2 aromatic carbocycles. The van der Waals surface area contributed by atoms with Gasteiger partial charge in [0.2, 0.25) is 0 Å². The lowest BCUT2D eigenvalue weighted by molar-refractivity contribution is 0.155. The van der Waals surface area contributed by atoms with Crippen molar-refractivity contribution in [2.75, 3.05) is 18.4 Å². The van der Waals surface area contributed by atoms with Gasteiger partial charge in [-0.1, -0.05) is 36.4 Å². The molecule has 0 saturated heterocycles. The molecule has 112 valence electrons. The first-order chi connectivity index (χ1) is 9.99. The van der Waals surface area contributed by atoms with Crippen LogP contribution in [0.4, 0.5) is 10.5 Å². The smallest absolute Gasteiger partial charge is 0.322 e. The Morgan fingerprint density at radius 3 is 2.52 bits per heavy atom. The molecule has 2 amide bonds. The van der Waals surface area contributed by atoms with Gasteiger partial charge in [0.25, 0.3) is 0 Å². The van der Waals surface area contributed by atoms with E-state index in [1.54, 1.807) is 4.90 Å². The van der Waals surface area contributed by atoms with Crippen molar-refractivity contribution in [1.29, 1.82) is 0 Å². The highest BCUT2D eigenvalue weighted by molar-refractivity contribution is 6.01. The van der Waals surface area contributed by atoms with Crippen molar-refractivity contribution in [3.05, 3.63) is 42.5 Å². The lowest BCUT2D eigenvalue weighted by Crippen LogP contribution is -2.53. The Kier molecular flexibility index (Phi) is 4.48. The predicted octanol–water partition coefficient (Wildman–Crippen LogP) is 3.43. The van der Waals surface area contributed by atoms with Crippen LogP contribution < -0.4 is 11.1 Å². The molecule has 0 bridgehead atoms. The molecule has 0 radical (unpaired) electrons. The maximum Gasteiger partial charge on any atom is 0.322 e. The fourth-order valence-electron chi connectivity index (χ4n) is 2.47. The summed E-state index contributed by atoms with van der Waals surface area (Å²) in [4.78, 5) is 14.3. The summed E-state index contributed by atoms with van der Waals surface area (Å²) in [6.45, 7) is 6.93. The van der Waals surface area contributed by atoms with Gasteiger partial charge in [0.15, 0.2) is 0 Å². The molecule has 0 unspecified atom stereocenters. The summed E-state index contributed by atoms with van der Waals surface area (Å²) in [5.41, 5.74) is 6.23. The average molecular weight is 285 g/mol. The summed E-state index contributed by atoms with van der Waals surface area (Å²) >= 11 is 0. The van der Waals surface area contributed by atoms with Gasteiger partial charge < -0.3 is 16.0 Å². The number of nitrogens with one attached hydrogen (secondary N) is 1. The zero-order chi connectivity index (χ0) is 15.5. The normalized spacial score (nSPS) is 11.4. The number of benzene rings is 2. The van der Waals surface area contributed by atoms with Crippen molar-refractivity contribution >= 4 is 22.5 Å². The maximum absolute atomic E-state index is 12.6. The molecule has 0 aliphatic carbocycles. The van der Waals surface area contributed by atoms with Crippen LogP contribution in [0.5, 0.6) is 0 Å². The van der Waals surface area contributed by atoms with E-state index in [4.69, 9.17) is 5.73 Å². The number of likely N-dealkylation sites (N-methyl/N-ethyl adjacent to an activating group) is 1. The number of nitrogens with zero attached hydrogens (tertiary/aromatic N) is 1. The molecule has 0 fully saturated rings. The Morgan fingerprint density at radius 2 is 1.86 bits per heavy atom. The van der Waals surface area contributed by atoms with Gasteiger partial charge in [0, 0.05) is 18.5 Å². The van der Waals surface area contributed by atoms with Gasteiger partial charge in [-0.15, -0.1) is 0 Å². The molecular weight excluding hydrogens is 262 g/mol. The molecule has 4 heteroatoms. The van der Waals surface area contributed by atoms with E-state index >= 15 is 0 Å². The van der Waals surface area contributed by atoms with Gasteiger partial charge in [0.1, 0.15) is 0 Å². The molecule has 0 atom stereocenters. The molecule has 0 heterocycles. The molecular formula is C17H23N3O. The molecule has 0 aliphatic rings. The predicted molar refractivity (Wildman–Crippen MR) is 88.5 cm³/mol. The molecule has 0 aliphatic heterocycles. The van der Waals surface area contributed by atoms with E-state index in [0.29, 0.717) is 13.1 Å². The Hall–Kier alpha value is -2.07. The fraction of sp³-hybridized carbons (Fsp3) is 0.353. The van der Waals surface area contributed by atoms with Gasteiger partial charge in [-0.25, -0.2) is 4.79 Å². The van der Waals surface area contributed by atoms with Crippen LogP contribution in [0.3, 0.4) is 0 Å². The zero-order valence-corrected chi connectivity index (χ0v) is 12.9. The number of hydrogen-bond acceptors (Lipinski definition) is 2. The van der Waals surface area contributed by atoms with Crippen molar-refractivity contribution in [3.63, 3.8) is 0 Å². The zero-order valence-electron chi connectivity index (χ0n) is 12.9. The molecule has 0 spiro atoms. The largest absolute Gasteiger partial charge is 0.328 e. The van der Waals surface area contributed by atoms with Crippen LogP contribution in [0.2, 0.25) is 0 Å². The van der Waals surface area contributed by atoms with Gasteiger partial charge in [-0.05, 0) is 32.2 Å². The second-order valence-electron chi connectivity index (χ2n) is 5.72. The van der Waals surface area contributed by atoms with Gasteiger partial charge in [0.05, 0.1) is 11.2 Å². The Balaban J connectivity index is 2.29. The van der Waals surface area contributed by atoms with E-state index in [1.165, 1.54) is 0 Å². The summed E-state index contributed by atoms with van der Waals surface area (Å²) in [6, 6.07) is 13.8. The van der Waals surface area contributed by atoms with Crippen molar-refractivity contribution in [3.8, 4) is 0 Å². The first-order valence-electron chi connectivity index (χ1n) is 7.26. The van der Waals surface area contributed by atoms with Gasteiger partial charge in [-0.2, -0.15) is 0 Å². The minimum absolute atomic E-state index is 0.121. The summed E-state index contributed by atoms with van der Waals surface area (Å²) in [7, 11) is 0. The number of amides is 2. The highest BCUT2D eigenvalue weighted by Crippen LogP contribution is 2.24. The lowest BCUT2D eigenvalue weighted by atomic mass is 10.0. The number of carbonyl (C=O) groups is 1. The topological polar surface area (TPSA) is 58.4 Å². The van der Waals surface area contributed by atoms with E-state index in [0.717, 1.165) is 16.5 Å². The van der Waals surface area contributed by atoms with Crippen LogP contribution in [0.15, 0.2) is 42.5 Å².